The summed E-state index contributed by atoms with van der Waals surface area (Å²) in [5, 5.41) is 11.1. The predicted molar refractivity (Wildman–Crippen MR) is 86.1 cm³/mol. The lowest BCUT2D eigenvalue weighted by molar-refractivity contribution is 0.118. The van der Waals surface area contributed by atoms with Crippen LogP contribution >= 0.6 is 11.3 Å². The number of aromatic hydroxyl groups is 1. The Morgan fingerprint density at radius 2 is 2.43 bits per heavy atom. The summed E-state index contributed by atoms with van der Waals surface area (Å²) in [6, 6.07) is 5.78. The van der Waals surface area contributed by atoms with Gasteiger partial charge in [0.05, 0.1) is 24.1 Å². The van der Waals surface area contributed by atoms with E-state index in [9.17, 15) is 5.11 Å². The minimum Gasteiger partial charge on any atom is -0.506 e. The number of ether oxygens (including phenoxy) is 2. The van der Waals surface area contributed by atoms with Crippen molar-refractivity contribution in [3.63, 3.8) is 0 Å². The van der Waals surface area contributed by atoms with Gasteiger partial charge < -0.3 is 14.6 Å². The van der Waals surface area contributed by atoms with E-state index in [1.807, 2.05) is 25.1 Å². The Labute approximate surface area is 128 Å². The molecule has 1 atom stereocenters. The lowest BCUT2D eigenvalue weighted by Crippen LogP contribution is -2.08. The zero-order valence-electron chi connectivity index (χ0n) is 12.0. The van der Waals surface area contributed by atoms with E-state index in [4.69, 9.17) is 9.47 Å². The number of aliphatic imine (C=N–C) groups is 1. The molecule has 5 heteroatoms. The van der Waals surface area contributed by atoms with E-state index in [0.29, 0.717) is 13.2 Å². The van der Waals surface area contributed by atoms with Crippen LogP contribution in [0, 0.1) is 0 Å². The van der Waals surface area contributed by atoms with Crippen molar-refractivity contribution >= 4 is 27.6 Å². The molecule has 112 valence electrons. The lowest BCUT2D eigenvalue weighted by Gasteiger charge is -2.03. The standard InChI is InChI=1S/C16H19NO3S/c1-2-19-11-5-6-14-13(8-11)16(18)15(21-14)10-17-9-12-4-3-7-20-12/h5-6,8,10,12,18H,2-4,7,9H2,1H3/t12-/m1/s1. The molecule has 0 saturated carbocycles. The van der Waals surface area contributed by atoms with Gasteiger partial charge in [-0.2, -0.15) is 0 Å². The topological polar surface area (TPSA) is 51.0 Å². The number of hydrogen-bond acceptors (Lipinski definition) is 5. The molecule has 1 fully saturated rings. The van der Waals surface area contributed by atoms with Gasteiger partial charge in [-0.05, 0) is 38.0 Å². The Bertz CT molecular complexity index is 644. The van der Waals surface area contributed by atoms with Gasteiger partial charge in [-0.15, -0.1) is 11.3 Å². The first-order chi connectivity index (χ1) is 10.3. The SMILES string of the molecule is CCOc1ccc2sc(C=NC[C@H]3CCCO3)c(O)c2c1. The van der Waals surface area contributed by atoms with Crippen LogP contribution < -0.4 is 4.74 Å². The van der Waals surface area contributed by atoms with Crippen LogP contribution in [-0.2, 0) is 4.74 Å². The number of nitrogens with zero attached hydrogens (tertiary/aromatic N) is 1. The highest BCUT2D eigenvalue weighted by atomic mass is 32.1. The van der Waals surface area contributed by atoms with Crippen LogP contribution in [0.25, 0.3) is 10.1 Å². The van der Waals surface area contributed by atoms with Crippen molar-refractivity contribution < 1.29 is 14.6 Å². The van der Waals surface area contributed by atoms with Gasteiger partial charge in [0.2, 0.25) is 0 Å². The van der Waals surface area contributed by atoms with Crippen LogP contribution in [0.15, 0.2) is 23.2 Å². The average molecular weight is 305 g/mol. The smallest absolute Gasteiger partial charge is 0.143 e. The van der Waals surface area contributed by atoms with E-state index < -0.39 is 0 Å². The minimum atomic E-state index is 0.238. The second-order valence-electron chi connectivity index (χ2n) is 5.04. The molecule has 0 unspecified atom stereocenters. The van der Waals surface area contributed by atoms with Gasteiger partial charge in [0.15, 0.2) is 0 Å². The number of benzene rings is 1. The van der Waals surface area contributed by atoms with Crippen molar-refractivity contribution in [1.82, 2.24) is 0 Å². The van der Waals surface area contributed by atoms with E-state index in [1.165, 1.54) is 11.3 Å². The molecule has 2 aromatic rings. The van der Waals surface area contributed by atoms with Crippen molar-refractivity contribution in [2.45, 2.75) is 25.9 Å². The van der Waals surface area contributed by atoms with E-state index in [-0.39, 0.29) is 11.9 Å². The highest BCUT2D eigenvalue weighted by Gasteiger charge is 2.15. The monoisotopic (exact) mass is 305 g/mol. The highest BCUT2D eigenvalue weighted by Crippen LogP contribution is 2.37. The molecule has 0 spiro atoms. The normalized spacial score (nSPS) is 18.8. The lowest BCUT2D eigenvalue weighted by atomic mass is 10.2. The second kappa shape index (κ2) is 6.45. The van der Waals surface area contributed by atoms with Crippen molar-refractivity contribution in [1.29, 1.82) is 0 Å². The molecule has 0 amide bonds. The summed E-state index contributed by atoms with van der Waals surface area (Å²) >= 11 is 1.54. The Morgan fingerprint density at radius 3 is 3.19 bits per heavy atom. The maximum Gasteiger partial charge on any atom is 0.143 e. The minimum absolute atomic E-state index is 0.238. The third-order valence-corrected chi connectivity index (χ3v) is 4.61. The Hall–Kier alpha value is -1.59. The molecule has 2 heterocycles. The molecule has 21 heavy (non-hydrogen) atoms. The second-order valence-corrected chi connectivity index (χ2v) is 6.12. The molecule has 1 N–H and O–H groups in total. The van der Waals surface area contributed by atoms with Gasteiger partial charge in [-0.3, -0.25) is 4.99 Å². The third kappa shape index (κ3) is 3.19. The fourth-order valence-electron chi connectivity index (χ4n) is 2.47. The van der Waals surface area contributed by atoms with Gasteiger partial charge in [0.1, 0.15) is 11.5 Å². The molecule has 0 bridgehead atoms. The number of rotatable bonds is 5. The molecule has 3 rings (SSSR count). The van der Waals surface area contributed by atoms with E-state index in [2.05, 4.69) is 4.99 Å². The van der Waals surface area contributed by atoms with Crippen LogP contribution in [-0.4, -0.2) is 37.2 Å². The summed E-state index contributed by atoms with van der Waals surface area (Å²) in [6.45, 7) is 4.07. The number of thiophene rings is 1. The summed E-state index contributed by atoms with van der Waals surface area (Å²) < 4.78 is 12.0. The Balaban J connectivity index is 1.78. The molecular formula is C16H19NO3S. The van der Waals surface area contributed by atoms with Gasteiger partial charge in [-0.1, -0.05) is 0 Å². The fraction of sp³-hybridized carbons (Fsp3) is 0.438. The highest BCUT2D eigenvalue weighted by molar-refractivity contribution is 7.21. The first-order valence-corrected chi connectivity index (χ1v) is 8.09. The molecule has 0 radical (unpaired) electrons. The Kier molecular flexibility index (Phi) is 4.41. The maximum absolute atomic E-state index is 10.3. The summed E-state index contributed by atoms with van der Waals surface area (Å²) in [7, 11) is 0. The van der Waals surface area contributed by atoms with Crippen LogP contribution in [0.3, 0.4) is 0 Å². The molecular weight excluding hydrogens is 286 g/mol. The third-order valence-electron chi connectivity index (χ3n) is 3.51. The van der Waals surface area contributed by atoms with Gasteiger partial charge in [0, 0.05) is 22.9 Å². The van der Waals surface area contributed by atoms with E-state index in [1.54, 1.807) is 6.21 Å². The Morgan fingerprint density at radius 1 is 1.52 bits per heavy atom. The molecule has 1 aliphatic heterocycles. The van der Waals surface area contributed by atoms with Crippen molar-refractivity contribution in [2.75, 3.05) is 19.8 Å². The van der Waals surface area contributed by atoms with E-state index >= 15 is 0 Å². The first-order valence-electron chi connectivity index (χ1n) is 7.27. The first kappa shape index (κ1) is 14.4. The maximum atomic E-state index is 10.3. The van der Waals surface area contributed by atoms with Crippen molar-refractivity contribution in [3.8, 4) is 11.5 Å². The quantitative estimate of drug-likeness (QED) is 0.859. The average Bonchev–Trinajstić information content (AvgIpc) is 3.10. The predicted octanol–water partition coefficient (Wildman–Crippen LogP) is 3.60. The molecule has 1 aromatic heterocycles. The summed E-state index contributed by atoms with van der Waals surface area (Å²) in [4.78, 5) is 5.20. The van der Waals surface area contributed by atoms with Crippen LogP contribution in [0.4, 0.5) is 0 Å². The summed E-state index contributed by atoms with van der Waals surface area (Å²) in [6.07, 6.45) is 4.19. The summed E-state index contributed by atoms with van der Waals surface area (Å²) in [5.41, 5.74) is 0. The van der Waals surface area contributed by atoms with Crippen molar-refractivity contribution in [3.05, 3.63) is 23.1 Å². The van der Waals surface area contributed by atoms with Crippen molar-refractivity contribution in [2.24, 2.45) is 4.99 Å². The van der Waals surface area contributed by atoms with Crippen LogP contribution in [0.1, 0.15) is 24.6 Å². The summed E-state index contributed by atoms with van der Waals surface area (Å²) in [5.74, 6) is 1.06. The van der Waals surface area contributed by atoms with Crippen LogP contribution in [0.2, 0.25) is 0 Å². The van der Waals surface area contributed by atoms with Gasteiger partial charge in [-0.25, -0.2) is 0 Å². The fourth-order valence-corrected chi connectivity index (χ4v) is 3.44. The van der Waals surface area contributed by atoms with Gasteiger partial charge >= 0.3 is 0 Å². The van der Waals surface area contributed by atoms with Crippen LogP contribution in [0.5, 0.6) is 11.5 Å². The number of fused-ring (bicyclic) bond motifs is 1. The molecule has 1 aromatic carbocycles. The molecule has 0 aliphatic carbocycles. The largest absolute Gasteiger partial charge is 0.506 e. The molecule has 1 saturated heterocycles. The van der Waals surface area contributed by atoms with E-state index in [0.717, 1.165) is 40.2 Å². The number of hydrogen-bond donors (Lipinski definition) is 1. The zero-order valence-corrected chi connectivity index (χ0v) is 12.9. The van der Waals surface area contributed by atoms with Gasteiger partial charge in [0.25, 0.3) is 0 Å². The molecule has 4 nitrogen and oxygen atoms in total. The molecule has 1 aliphatic rings. The zero-order chi connectivity index (χ0) is 14.7.